The van der Waals surface area contributed by atoms with Crippen LogP contribution in [-0.4, -0.2) is 18.3 Å². The molecule has 7 heavy (non-hydrogen) atoms. The first kappa shape index (κ1) is 6.92. The second kappa shape index (κ2) is 4.09. The Morgan fingerprint density at radius 3 is 2.43 bits per heavy atom. The summed E-state index contributed by atoms with van der Waals surface area (Å²) in [6.07, 6.45) is 0.594. The molecular weight excluding hydrogens is 92.1 g/mol. The third-order valence-corrected chi connectivity index (χ3v) is 0.922. The Bertz CT molecular complexity index is 37.1. The molecule has 0 aliphatic heterocycles. The smallest absolute Gasteiger partial charge is 0.0825 e. The number of rotatable bonds is 3. The van der Waals surface area contributed by atoms with Crippen LogP contribution in [0.2, 0.25) is 0 Å². The van der Waals surface area contributed by atoms with Crippen molar-refractivity contribution in [3.8, 4) is 0 Å². The van der Waals surface area contributed by atoms with Crippen LogP contribution in [0.3, 0.4) is 0 Å². The van der Waals surface area contributed by atoms with Gasteiger partial charge in [-0.2, -0.15) is 0 Å². The van der Waals surface area contributed by atoms with Gasteiger partial charge >= 0.3 is 0 Å². The fraction of sp³-hybridized carbons (Fsp3) is 1.00. The third kappa shape index (κ3) is 3.76. The Kier molecular flexibility index (Phi) is 4.04. The summed E-state index contributed by atoms with van der Waals surface area (Å²) in [5.74, 6) is 0.192. The molecular formula is C5H11O2. The van der Waals surface area contributed by atoms with E-state index in [9.17, 15) is 5.11 Å². The summed E-state index contributed by atoms with van der Waals surface area (Å²) >= 11 is 0. The lowest BCUT2D eigenvalue weighted by Gasteiger charge is -2.00. The van der Waals surface area contributed by atoms with E-state index in [1.165, 1.54) is 0 Å². The van der Waals surface area contributed by atoms with Gasteiger partial charge in [0.1, 0.15) is 0 Å². The maximum atomic E-state index is 9.79. The molecule has 0 heterocycles. The van der Waals surface area contributed by atoms with E-state index in [2.05, 4.69) is 0 Å². The van der Waals surface area contributed by atoms with Gasteiger partial charge in [-0.15, -0.1) is 0 Å². The summed E-state index contributed by atoms with van der Waals surface area (Å²) < 4.78 is 0. The summed E-state index contributed by atoms with van der Waals surface area (Å²) in [5.41, 5.74) is 0. The van der Waals surface area contributed by atoms with E-state index in [1.807, 2.05) is 6.92 Å². The zero-order valence-electron chi connectivity index (χ0n) is 4.55. The van der Waals surface area contributed by atoms with Crippen LogP contribution >= 0.6 is 0 Å². The first-order valence-corrected chi connectivity index (χ1v) is 2.50. The molecule has 0 bridgehead atoms. The zero-order chi connectivity index (χ0) is 5.70. The summed E-state index contributed by atoms with van der Waals surface area (Å²) in [6.45, 7) is 1.93. The van der Waals surface area contributed by atoms with Crippen LogP contribution in [0.25, 0.3) is 0 Å². The summed E-state index contributed by atoms with van der Waals surface area (Å²) in [5, 5.41) is 18.1. The molecule has 0 aromatic heterocycles. The molecule has 2 heteroatoms. The lowest BCUT2D eigenvalue weighted by molar-refractivity contribution is 0.148. The predicted molar refractivity (Wildman–Crippen MR) is 26.4 cm³/mol. The minimum absolute atomic E-state index is 0.0677. The molecule has 0 saturated heterocycles. The molecule has 0 aromatic rings. The molecule has 43 valence electrons. The second-order valence-electron chi connectivity index (χ2n) is 1.78. The van der Waals surface area contributed by atoms with Crippen LogP contribution in [0.5, 0.6) is 0 Å². The van der Waals surface area contributed by atoms with E-state index in [0.29, 0.717) is 6.42 Å². The van der Waals surface area contributed by atoms with Gasteiger partial charge in [-0.05, 0) is 12.3 Å². The van der Waals surface area contributed by atoms with Gasteiger partial charge in [0, 0.05) is 6.61 Å². The minimum atomic E-state index is -0.0677. The average molecular weight is 103 g/mol. The van der Waals surface area contributed by atoms with E-state index < -0.39 is 0 Å². The van der Waals surface area contributed by atoms with E-state index in [4.69, 9.17) is 5.11 Å². The van der Waals surface area contributed by atoms with E-state index >= 15 is 0 Å². The maximum absolute atomic E-state index is 9.79. The molecule has 0 amide bonds. The van der Waals surface area contributed by atoms with Crippen molar-refractivity contribution in [3.63, 3.8) is 0 Å². The summed E-state index contributed by atoms with van der Waals surface area (Å²) in [4.78, 5) is 0. The molecule has 0 spiro atoms. The molecule has 1 unspecified atom stereocenters. The van der Waals surface area contributed by atoms with Gasteiger partial charge in [0.15, 0.2) is 0 Å². The Morgan fingerprint density at radius 1 is 1.71 bits per heavy atom. The first-order chi connectivity index (χ1) is 3.31. The van der Waals surface area contributed by atoms with Crippen molar-refractivity contribution in [1.82, 2.24) is 0 Å². The first-order valence-electron chi connectivity index (χ1n) is 2.50. The number of hydrogen-bond acceptors (Lipinski definition) is 1. The van der Waals surface area contributed by atoms with Crippen molar-refractivity contribution in [2.45, 2.75) is 13.3 Å². The number of aliphatic hydroxyl groups is 1. The lowest BCUT2D eigenvalue weighted by Crippen LogP contribution is -2.01. The predicted octanol–water partition coefficient (Wildman–Crippen LogP) is 0.435. The highest BCUT2D eigenvalue weighted by atomic mass is 16.3. The third-order valence-electron chi connectivity index (χ3n) is 0.922. The average Bonchev–Trinajstić information content (AvgIpc) is 1.68. The number of aliphatic hydroxyl groups excluding tert-OH is 1. The minimum Gasteiger partial charge on any atom is -0.396 e. The molecule has 0 fully saturated rings. The van der Waals surface area contributed by atoms with Gasteiger partial charge in [0.25, 0.3) is 0 Å². The van der Waals surface area contributed by atoms with Crippen LogP contribution in [0, 0.1) is 5.92 Å². The lowest BCUT2D eigenvalue weighted by atomic mass is 10.1. The van der Waals surface area contributed by atoms with Crippen LogP contribution in [0.1, 0.15) is 13.3 Å². The summed E-state index contributed by atoms with van der Waals surface area (Å²) in [6, 6.07) is 0. The van der Waals surface area contributed by atoms with Crippen LogP contribution in [0.4, 0.5) is 0 Å². The quantitative estimate of drug-likeness (QED) is 0.553. The van der Waals surface area contributed by atoms with Crippen molar-refractivity contribution in [2.24, 2.45) is 5.92 Å². The summed E-state index contributed by atoms with van der Waals surface area (Å²) in [7, 11) is 0. The monoisotopic (exact) mass is 103 g/mol. The van der Waals surface area contributed by atoms with Gasteiger partial charge in [-0.25, -0.2) is 5.11 Å². The molecule has 1 radical (unpaired) electrons. The van der Waals surface area contributed by atoms with Gasteiger partial charge in [0.2, 0.25) is 0 Å². The van der Waals surface area contributed by atoms with Gasteiger partial charge in [-0.3, -0.25) is 0 Å². The molecule has 0 aliphatic carbocycles. The van der Waals surface area contributed by atoms with Crippen molar-refractivity contribution in [2.75, 3.05) is 13.2 Å². The van der Waals surface area contributed by atoms with Crippen LogP contribution < -0.4 is 0 Å². The fourth-order valence-electron chi connectivity index (χ4n) is 0.292. The van der Waals surface area contributed by atoms with Gasteiger partial charge < -0.3 is 5.11 Å². The molecule has 0 saturated carbocycles. The standard InChI is InChI=1S/C5H11O2/c1-5(4-7)2-3-6/h5,7H,2-4H2,1H3. The maximum Gasteiger partial charge on any atom is 0.0825 e. The van der Waals surface area contributed by atoms with Crippen molar-refractivity contribution < 1.29 is 10.2 Å². The SMILES string of the molecule is CC(CO)CC[O]. The number of hydrogen-bond donors (Lipinski definition) is 1. The second-order valence-corrected chi connectivity index (χ2v) is 1.78. The van der Waals surface area contributed by atoms with E-state index in [-0.39, 0.29) is 19.1 Å². The topological polar surface area (TPSA) is 40.1 Å². The Balaban J connectivity index is 2.83. The highest BCUT2D eigenvalue weighted by Gasteiger charge is 1.95. The highest BCUT2D eigenvalue weighted by Crippen LogP contribution is 1.96. The van der Waals surface area contributed by atoms with Gasteiger partial charge in [-0.1, -0.05) is 6.92 Å². The molecule has 0 aromatic carbocycles. The van der Waals surface area contributed by atoms with E-state index in [1.54, 1.807) is 0 Å². The molecule has 0 rings (SSSR count). The van der Waals surface area contributed by atoms with E-state index in [0.717, 1.165) is 0 Å². The largest absolute Gasteiger partial charge is 0.396 e. The van der Waals surface area contributed by atoms with Gasteiger partial charge in [0.05, 0.1) is 6.61 Å². The Labute approximate surface area is 43.8 Å². The van der Waals surface area contributed by atoms with Crippen molar-refractivity contribution in [3.05, 3.63) is 0 Å². The van der Waals surface area contributed by atoms with Crippen LogP contribution in [0.15, 0.2) is 0 Å². The molecule has 2 nitrogen and oxygen atoms in total. The van der Waals surface area contributed by atoms with Crippen LogP contribution in [-0.2, 0) is 5.11 Å². The fourth-order valence-corrected chi connectivity index (χ4v) is 0.292. The van der Waals surface area contributed by atoms with Crippen molar-refractivity contribution in [1.29, 1.82) is 0 Å². The molecule has 0 aliphatic rings. The molecule has 1 N–H and O–H groups in total. The Hall–Kier alpha value is -0.0800. The molecule has 1 atom stereocenters. The van der Waals surface area contributed by atoms with Crippen molar-refractivity contribution >= 4 is 0 Å². The normalized spacial score (nSPS) is 14.1. The Morgan fingerprint density at radius 2 is 2.29 bits per heavy atom. The zero-order valence-corrected chi connectivity index (χ0v) is 4.55. The highest BCUT2D eigenvalue weighted by molar-refractivity contribution is 4.45.